The minimum absolute atomic E-state index is 0.271. The van der Waals surface area contributed by atoms with Gasteiger partial charge in [-0.2, -0.15) is 5.10 Å². The maximum absolute atomic E-state index is 6.12. The summed E-state index contributed by atoms with van der Waals surface area (Å²) in [5.41, 5.74) is 1.25. The summed E-state index contributed by atoms with van der Waals surface area (Å²) in [5.74, 6) is 0. The van der Waals surface area contributed by atoms with Crippen molar-refractivity contribution in [1.29, 1.82) is 0 Å². The van der Waals surface area contributed by atoms with E-state index in [2.05, 4.69) is 46.5 Å². The normalized spacial score (nSPS) is 13.5. The molecule has 1 atom stereocenters. The van der Waals surface area contributed by atoms with Gasteiger partial charge in [-0.1, -0.05) is 6.92 Å². The zero-order chi connectivity index (χ0) is 11.4. The van der Waals surface area contributed by atoms with Crippen LogP contribution >= 0.6 is 27.5 Å². The zero-order valence-corrected chi connectivity index (χ0v) is 11.8. The zero-order valence-electron chi connectivity index (χ0n) is 9.50. The van der Waals surface area contributed by atoms with Crippen LogP contribution in [0.25, 0.3) is 0 Å². The lowest BCUT2D eigenvalue weighted by atomic mass is 10.1. The monoisotopic (exact) mass is 292 g/mol. The van der Waals surface area contributed by atoms with Gasteiger partial charge in [-0.05, 0) is 49.0 Å². The van der Waals surface area contributed by atoms with Gasteiger partial charge >= 0.3 is 0 Å². The van der Waals surface area contributed by atoms with Crippen LogP contribution < -0.4 is 0 Å². The average molecular weight is 294 g/mol. The molecule has 1 aromatic rings. The predicted molar refractivity (Wildman–Crippen MR) is 68.6 cm³/mol. The van der Waals surface area contributed by atoms with Gasteiger partial charge in [0, 0.05) is 11.4 Å². The van der Waals surface area contributed by atoms with Gasteiger partial charge in [-0.3, -0.25) is 4.68 Å². The molecule has 0 bridgehead atoms. The second-order valence-corrected chi connectivity index (χ2v) is 5.49. The molecule has 1 unspecified atom stereocenters. The third-order valence-corrected chi connectivity index (χ3v) is 3.66. The third-order valence-electron chi connectivity index (χ3n) is 2.47. The highest BCUT2D eigenvalue weighted by atomic mass is 79.9. The van der Waals surface area contributed by atoms with Crippen LogP contribution in [0, 0.1) is 0 Å². The molecule has 0 saturated heterocycles. The number of hydrogen-bond acceptors (Lipinski definition) is 1. The van der Waals surface area contributed by atoms with Gasteiger partial charge in [-0.15, -0.1) is 11.6 Å². The van der Waals surface area contributed by atoms with Crippen molar-refractivity contribution in [3.63, 3.8) is 0 Å². The molecular formula is C11H18BrClN2. The summed E-state index contributed by atoms with van der Waals surface area (Å²) in [4.78, 5) is 0. The molecular weight excluding hydrogens is 275 g/mol. The number of alkyl halides is 1. The molecule has 0 fully saturated rings. The number of hydrogen-bond donors (Lipinski definition) is 0. The van der Waals surface area contributed by atoms with Crippen molar-refractivity contribution in [2.24, 2.45) is 0 Å². The van der Waals surface area contributed by atoms with Gasteiger partial charge in [0.15, 0.2) is 0 Å². The molecule has 2 nitrogen and oxygen atoms in total. The summed E-state index contributed by atoms with van der Waals surface area (Å²) >= 11 is 9.65. The van der Waals surface area contributed by atoms with Crippen molar-refractivity contribution < 1.29 is 0 Å². The fourth-order valence-electron chi connectivity index (χ4n) is 1.54. The number of rotatable bonds is 5. The summed E-state index contributed by atoms with van der Waals surface area (Å²) in [7, 11) is 0. The minimum Gasteiger partial charge on any atom is -0.266 e. The van der Waals surface area contributed by atoms with Crippen LogP contribution in [-0.2, 0) is 6.42 Å². The number of nitrogens with zero attached hydrogens (tertiary/aromatic N) is 2. The molecule has 4 heteroatoms. The van der Waals surface area contributed by atoms with Crippen molar-refractivity contribution >= 4 is 27.5 Å². The Hall–Kier alpha value is -0.0200. The van der Waals surface area contributed by atoms with Gasteiger partial charge < -0.3 is 0 Å². The molecule has 0 aliphatic heterocycles. The summed E-state index contributed by atoms with van der Waals surface area (Å²) in [5, 5.41) is 4.62. The Balaban J connectivity index is 2.70. The Bertz CT molecular complexity index is 310. The molecule has 1 rings (SSSR count). The van der Waals surface area contributed by atoms with E-state index in [4.69, 9.17) is 11.6 Å². The first-order valence-corrected chi connectivity index (χ1v) is 6.65. The van der Waals surface area contributed by atoms with E-state index in [0.29, 0.717) is 6.04 Å². The van der Waals surface area contributed by atoms with Crippen LogP contribution in [0.4, 0.5) is 0 Å². The van der Waals surface area contributed by atoms with Crippen LogP contribution in [0.5, 0.6) is 0 Å². The Morgan fingerprint density at radius 1 is 1.53 bits per heavy atom. The quantitative estimate of drug-likeness (QED) is 0.745. The summed E-state index contributed by atoms with van der Waals surface area (Å²) in [6, 6.07) is 0.404. The van der Waals surface area contributed by atoms with Crippen LogP contribution in [-0.4, -0.2) is 15.2 Å². The fourth-order valence-corrected chi connectivity index (χ4v) is 2.12. The van der Waals surface area contributed by atoms with E-state index in [1.54, 1.807) is 0 Å². The number of aromatic nitrogens is 2. The molecule has 86 valence electrons. The van der Waals surface area contributed by atoms with E-state index < -0.39 is 0 Å². The minimum atomic E-state index is 0.271. The standard InChI is InChI=1S/C11H18BrClN2/c1-4-9(13)5-6-11-10(12)7-14-15(11)8(2)3/h7-9H,4-6H2,1-3H3. The summed E-state index contributed by atoms with van der Waals surface area (Å²) in [6.45, 7) is 6.40. The molecule has 0 aromatic carbocycles. The Kier molecular flexibility index (Phi) is 5.13. The van der Waals surface area contributed by atoms with E-state index in [1.807, 2.05) is 6.20 Å². The Morgan fingerprint density at radius 2 is 2.20 bits per heavy atom. The Labute approximate surface area is 105 Å². The fraction of sp³-hybridized carbons (Fsp3) is 0.727. The average Bonchev–Trinajstić information content (AvgIpc) is 2.56. The first-order chi connectivity index (χ1) is 7.06. The van der Waals surface area contributed by atoms with Crippen LogP contribution in [0.15, 0.2) is 10.7 Å². The van der Waals surface area contributed by atoms with Crippen LogP contribution in [0.3, 0.4) is 0 Å². The predicted octanol–water partition coefficient (Wildman–Crippen LogP) is 4.18. The van der Waals surface area contributed by atoms with E-state index in [9.17, 15) is 0 Å². The van der Waals surface area contributed by atoms with Gasteiger partial charge in [0.1, 0.15) is 0 Å². The lowest BCUT2D eigenvalue weighted by Crippen LogP contribution is -2.09. The molecule has 1 aromatic heterocycles. The van der Waals surface area contributed by atoms with Crippen molar-refractivity contribution in [2.45, 2.75) is 51.5 Å². The second kappa shape index (κ2) is 5.90. The summed E-state index contributed by atoms with van der Waals surface area (Å²) < 4.78 is 3.15. The lowest BCUT2D eigenvalue weighted by Gasteiger charge is -2.12. The van der Waals surface area contributed by atoms with E-state index in [-0.39, 0.29) is 5.38 Å². The Morgan fingerprint density at radius 3 is 2.73 bits per heavy atom. The van der Waals surface area contributed by atoms with Gasteiger partial charge in [0.05, 0.1) is 16.4 Å². The van der Waals surface area contributed by atoms with Crippen molar-refractivity contribution in [3.05, 3.63) is 16.4 Å². The molecule has 0 aliphatic rings. The molecule has 0 saturated carbocycles. The van der Waals surface area contributed by atoms with E-state index >= 15 is 0 Å². The van der Waals surface area contributed by atoms with Gasteiger partial charge in [-0.25, -0.2) is 0 Å². The number of halogens is 2. The smallest absolute Gasteiger partial charge is 0.0635 e. The SMILES string of the molecule is CCC(Cl)CCc1c(Br)cnn1C(C)C. The summed E-state index contributed by atoms with van der Waals surface area (Å²) in [6.07, 6.45) is 4.88. The molecule has 0 amide bonds. The van der Waals surface area contributed by atoms with Crippen molar-refractivity contribution in [1.82, 2.24) is 9.78 Å². The first-order valence-electron chi connectivity index (χ1n) is 5.42. The third kappa shape index (κ3) is 3.49. The highest BCUT2D eigenvalue weighted by Crippen LogP contribution is 2.22. The molecule has 0 aliphatic carbocycles. The highest BCUT2D eigenvalue weighted by Gasteiger charge is 2.12. The van der Waals surface area contributed by atoms with Gasteiger partial charge in [0.25, 0.3) is 0 Å². The highest BCUT2D eigenvalue weighted by molar-refractivity contribution is 9.10. The molecule has 0 radical (unpaired) electrons. The van der Waals surface area contributed by atoms with Crippen LogP contribution in [0.2, 0.25) is 0 Å². The molecule has 0 spiro atoms. The topological polar surface area (TPSA) is 17.8 Å². The second-order valence-electron chi connectivity index (χ2n) is 4.02. The van der Waals surface area contributed by atoms with Crippen molar-refractivity contribution in [2.75, 3.05) is 0 Å². The molecule has 0 N–H and O–H groups in total. The van der Waals surface area contributed by atoms with Gasteiger partial charge in [0.2, 0.25) is 0 Å². The first kappa shape index (κ1) is 13.0. The molecule has 1 heterocycles. The lowest BCUT2D eigenvalue weighted by molar-refractivity contribution is 0.502. The maximum Gasteiger partial charge on any atom is 0.0635 e. The van der Waals surface area contributed by atoms with E-state index in [0.717, 1.165) is 23.7 Å². The van der Waals surface area contributed by atoms with Crippen molar-refractivity contribution in [3.8, 4) is 0 Å². The van der Waals surface area contributed by atoms with Crippen LogP contribution in [0.1, 0.15) is 45.3 Å². The van der Waals surface area contributed by atoms with E-state index in [1.165, 1.54) is 5.69 Å². The maximum atomic E-state index is 6.12. The largest absolute Gasteiger partial charge is 0.266 e. The molecule has 15 heavy (non-hydrogen) atoms.